The summed E-state index contributed by atoms with van der Waals surface area (Å²) in [6.07, 6.45) is 1.81. The molecule has 0 saturated heterocycles. The van der Waals surface area contributed by atoms with Crippen LogP contribution in [-0.4, -0.2) is 14.5 Å². The SMILES string of the molecule is Cc1nc2cccnc2n1Cc1cccc(Br)c1. The van der Waals surface area contributed by atoms with Crippen LogP contribution in [0.2, 0.25) is 0 Å². The molecule has 0 aliphatic carbocycles. The molecule has 0 aliphatic rings. The number of rotatable bonds is 2. The number of pyridine rings is 1. The number of fused-ring (bicyclic) bond motifs is 1. The summed E-state index contributed by atoms with van der Waals surface area (Å²) in [6.45, 7) is 2.80. The highest BCUT2D eigenvalue weighted by Crippen LogP contribution is 2.17. The van der Waals surface area contributed by atoms with Crippen molar-refractivity contribution in [3.63, 3.8) is 0 Å². The lowest BCUT2D eigenvalue weighted by Gasteiger charge is -2.06. The van der Waals surface area contributed by atoms with Gasteiger partial charge >= 0.3 is 0 Å². The van der Waals surface area contributed by atoms with Gasteiger partial charge in [-0.05, 0) is 36.8 Å². The highest BCUT2D eigenvalue weighted by Gasteiger charge is 2.08. The van der Waals surface area contributed by atoms with E-state index in [-0.39, 0.29) is 0 Å². The van der Waals surface area contributed by atoms with Gasteiger partial charge in [0.15, 0.2) is 5.65 Å². The van der Waals surface area contributed by atoms with Crippen molar-refractivity contribution in [1.29, 1.82) is 0 Å². The molecule has 2 heterocycles. The largest absolute Gasteiger partial charge is 0.308 e. The van der Waals surface area contributed by atoms with Crippen LogP contribution in [0.5, 0.6) is 0 Å². The van der Waals surface area contributed by atoms with E-state index in [1.165, 1.54) is 5.56 Å². The Bertz CT molecular complexity index is 703. The number of benzene rings is 1. The topological polar surface area (TPSA) is 30.7 Å². The molecule has 0 amide bonds. The van der Waals surface area contributed by atoms with E-state index in [9.17, 15) is 0 Å². The normalized spacial score (nSPS) is 11.0. The fraction of sp³-hybridized carbons (Fsp3) is 0.143. The van der Waals surface area contributed by atoms with Gasteiger partial charge in [-0.3, -0.25) is 0 Å². The number of halogens is 1. The summed E-state index contributed by atoms with van der Waals surface area (Å²) in [5.41, 5.74) is 3.12. The van der Waals surface area contributed by atoms with Crippen LogP contribution in [0.15, 0.2) is 47.1 Å². The first kappa shape index (κ1) is 11.4. The van der Waals surface area contributed by atoms with Crippen LogP contribution in [0.4, 0.5) is 0 Å². The Labute approximate surface area is 114 Å². The van der Waals surface area contributed by atoms with Gasteiger partial charge in [-0.2, -0.15) is 0 Å². The summed E-state index contributed by atoms with van der Waals surface area (Å²) in [5.74, 6) is 0.990. The van der Waals surface area contributed by atoms with Crippen molar-refractivity contribution in [2.24, 2.45) is 0 Å². The van der Waals surface area contributed by atoms with Crippen LogP contribution < -0.4 is 0 Å². The average molecular weight is 302 g/mol. The van der Waals surface area contributed by atoms with Crippen molar-refractivity contribution in [2.45, 2.75) is 13.5 Å². The molecule has 0 bridgehead atoms. The molecule has 0 spiro atoms. The molecule has 0 saturated carbocycles. The van der Waals surface area contributed by atoms with Crippen molar-refractivity contribution in [3.8, 4) is 0 Å². The fourth-order valence-electron chi connectivity index (χ4n) is 2.08. The number of aromatic nitrogens is 3. The lowest BCUT2D eigenvalue weighted by molar-refractivity contribution is 0.777. The predicted octanol–water partition coefficient (Wildman–Crippen LogP) is 3.55. The first-order chi connectivity index (χ1) is 8.74. The third kappa shape index (κ3) is 2.04. The van der Waals surface area contributed by atoms with Gasteiger partial charge in [0.2, 0.25) is 0 Å². The summed E-state index contributed by atoms with van der Waals surface area (Å²) in [5, 5.41) is 0. The number of hydrogen-bond donors (Lipinski definition) is 0. The van der Waals surface area contributed by atoms with Crippen molar-refractivity contribution < 1.29 is 0 Å². The van der Waals surface area contributed by atoms with Crippen LogP contribution in [-0.2, 0) is 6.54 Å². The van der Waals surface area contributed by atoms with Crippen LogP contribution in [0.3, 0.4) is 0 Å². The van der Waals surface area contributed by atoms with Crippen LogP contribution in [0.25, 0.3) is 11.2 Å². The zero-order chi connectivity index (χ0) is 12.5. The average Bonchev–Trinajstić information content (AvgIpc) is 2.66. The second-order valence-corrected chi connectivity index (χ2v) is 5.14. The highest BCUT2D eigenvalue weighted by atomic mass is 79.9. The minimum absolute atomic E-state index is 0.790. The van der Waals surface area contributed by atoms with E-state index in [1.807, 2.05) is 31.2 Å². The van der Waals surface area contributed by atoms with Gasteiger partial charge < -0.3 is 4.57 Å². The van der Waals surface area contributed by atoms with Crippen LogP contribution in [0, 0.1) is 6.92 Å². The Morgan fingerprint density at radius 3 is 2.94 bits per heavy atom. The van der Waals surface area contributed by atoms with E-state index in [4.69, 9.17) is 0 Å². The third-order valence-electron chi connectivity index (χ3n) is 2.92. The molecule has 0 unspecified atom stereocenters. The first-order valence-electron chi connectivity index (χ1n) is 5.76. The van der Waals surface area contributed by atoms with Crippen molar-refractivity contribution >= 4 is 27.1 Å². The Kier molecular flexibility index (Phi) is 2.88. The maximum Gasteiger partial charge on any atom is 0.160 e. The first-order valence-corrected chi connectivity index (χ1v) is 6.55. The molecule has 2 aromatic heterocycles. The quantitative estimate of drug-likeness (QED) is 0.725. The van der Waals surface area contributed by atoms with E-state index < -0.39 is 0 Å². The van der Waals surface area contributed by atoms with E-state index in [2.05, 4.69) is 42.6 Å². The summed E-state index contributed by atoms with van der Waals surface area (Å²) < 4.78 is 3.23. The minimum Gasteiger partial charge on any atom is -0.308 e. The molecule has 0 aliphatic heterocycles. The van der Waals surface area contributed by atoms with Crippen molar-refractivity contribution in [3.05, 3.63) is 58.5 Å². The van der Waals surface area contributed by atoms with Gasteiger partial charge in [0.1, 0.15) is 11.3 Å². The standard InChI is InChI=1S/C14H12BrN3/c1-10-17-13-6-3-7-16-14(13)18(10)9-11-4-2-5-12(15)8-11/h2-8H,9H2,1H3. The summed E-state index contributed by atoms with van der Waals surface area (Å²) in [6, 6.07) is 12.2. The molecule has 18 heavy (non-hydrogen) atoms. The molecule has 90 valence electrons. The molecule has 3 nitrogen and oxygen atoms in total. The van der Waals surface area contributed by atoms with E-state index in [0.29, 0.717) is 0 Å². The molecular formula is C14H12BrN3. The number of hydrogen-bond acceptors (Lipinski definition) is 2. The Morgan fingerprint density at radius 2 is 2.11 bits per heavy atom. The molecule has 0 radical (unpaired) electrons. The predicted molar refractivity (Wildman–Crippen MR) is 75.5 cm³/mol. The molecule has 1 aromatic carbocycles. The molecule has 3 rings (SSSR count). The van der Waals surface area contributed by atoms with Gasteiger partial charge in [-0.15, -0.1) is 0 Å². The zero-order valence-corrected chi connectivity index (χ0v) is 11.6. The van der Waals surface area contributed by atoms with Gasteiger partial charge in [-0.1, -0.05) is 28.1 Å². The lowest BCUT2D eigenvalue weighted by atomic mass is 10.2. The fourth-order valence-corrected chi connectivity index (χ4v) is 2.53. The van der Waals surface area contributed by atoms with Gasteiger partial charge in [0, 0.05) is 10.7 Å². The summed E-state index contributed by atoms with van der Waals surface area (Å²) in [7, 11) is 0. The summed E-state index contributed by atoms with van der Waals surface area (Å²) >= 11 is 3.49. The molecule has 0 fully saturated rings. The molecule has 4 heteroatoms. The van der Waals surface area contributed by atoms with E-state index >= 15 is 0 Å². The number of aryl methyl sites for hydroxylation is 1. The smallest absolute Gasteiger partial charge is 0.160 e. The Hall–Kier alpha value is -1.68. The Morgan fingerprint density at radius 1 is 1.22 bits per heavy atom. The number of imidazole rings is 1. The van der Waals surface area contributed by atoms with Gasteiger partial charge in [0.05, 0.1) is 6.54 Å². The van der Waals surface area contributed by atoms with Crippen molar-refractivity contribution in [1.82, 2.24) is 14.5 Å². The summed E-state index contributed by atoms with van der Waals surface area (Å²) in [4.78, 5) is 8.93. The van der Waals surface area contributed by atoms with E-state index in [1.54, 1.807) is 6.20 Å². The van der Waals surface area contributed by atoms with Crippen LogP contribution >= 0.6 is 15.9 Å². The lowest BCUT2D eigenvalue weighted by Crippen LogP contribution is -2.02. The van der Waals surface area contributed by atoms with Crippen molar-refractivity contribution in [2.75, 3.05) is 0 Å². The maximum absolute atomic E-state index is 4.52. The second kappa shape index (κ2) is 4.53. The molecule has 0 atom stereocenters. The minimum atomic E-state index is 0.790. The van der Waals surface area contributed by atoms with E-state index in [0.717, 1.165) is 28.0 Å². The molecule has 0 N–H and O–H groups in total. The highest BCUT2D eigenvalue weighted by molar-refractivity contribution is 9.10. The zero-order valence-electron chi connectivity index (χ0n) is 9.97. The second-order valence-electron chi connectivity index (χ2n) is 4.22. The third-order valence-corrected chi connectivity index (χ3v) is 3.42. The number of nitrogens with zero attached hydrogens (tertiary/aromatic N) is 3. The van der Waals surface area contributed by atoms with Crippen LogP contribution in [0.1, 0.15) is 11.4 Å². The monoisotopic (exact) mass is 301 g/mol. The molecule has 3 aromatic rings. The van der Waals surface area contributed by atoms with Gasteiger partial charge in [-0.25, -0.2) is 9.97 Å². The molecular weight excluding hydrogens is 290 g/mol. The van der Waals surface area contributed by atoms with Gasteiger partial charge in [0.25, 0.3) is 0 Å². The Balaban J connectivity index is 2.07. The maximum atomic E-state index is 4.52.